The Hall–Kier alpha value is -3.36. The second-order valence-electron chi connectivity index (χ2n) is 5.67. The van der Waals surface area contributed by atoms with Crippen molar-refractivity contribution in [3.05, 3.63) is 58.4 Å². The number of aromatic amines is 1. The lowest BCUT2D eigenvalue weighted by molar-refractivity contribution is -0.136. The third-order valence-corrected chi connectivity index (χ3v) is 4.00. The summed E-state index contributed by atoms with van der Waals surface area (Å²) in [7, 11) is 0. The molecule has 2 amide bonds. The first kappa shape index (κ1) is 17.5. The van der Waals surface area contributed by atoms with Gasteiger partial charge in [0, 0.05) is 38.4 Å². The average molecular weight is 359 g/mol. The first-order chi connectivity index (χ1) is 12.5. The van der Waals surface area contributed by atoms with Crippen LogP contribution < -0.4 is 5.56 Å². The van der Waals surface area contributed by atoms with Gasteiger partial charge in [-0.3, -0.25) is 14.4 Å². The average Bonchev–Trinajstić information content (AvgIpc) is 3.20. The molecule has 1 aliphatic rings. The number of rotatable bonds is 4. The SMILES string of the molecule is O=C(OCC(=O)N1CCN(C(=O)c2ccco2)CC1)c1ccc(=O)[nH]c1. The van der Waals surface area contributed by atoms with E-state index in [0.717, 1.165) is 0 Å². The molecule has 1 saturated heterocycles. The number of furan rings is 1. The fourth-order valence-electron chi connectivity index (χ4n) is 2.55. The highest BCUT2D eigenvalue weighted by Gasteiger charge is 2.26. The van der Waals surface area contributed by atoms with Crippen molar-refractivity contribution >= 4 is 17.8 Å². The molecular formula is C17H17N3O6. The highest BCUT2D eigenvalue weighted by atomic mass is 16.5. The molecule has 0 atom stereocenters. The second kappa shape index (κ2) is 7.68. The number of piperazine rings is 1. The fraction of sp³-hybridized carbons (Fsp3) is 0.294. The Morgan fingerprint density at radius 3 is 2.42 bits per heavy atom. The molecule has 26 heavy (non-hydrogen) atoms. The Morgan fingerprint density at radius 2 is 1.81 bits per heavy atom. The summed E-state index contributed by atoms with van der Waals surface area (Å²) in [4.78, 5) is 52.6. The molecule has 3 heterocycles. The molecule has 0 spiro atoms. The number of nitrogens with one attached hydrogen (secondary N) is 1. The lowest BCUT2D eigenvalue weighted by atomic mass is 10.2. The number of hydrogen-bond donors (Lipinski definition) is 1. The number of nitrogens with zero attached hydrogens (tertiary/aromatic N) is 2. The zero-order valence-corrected chi connectivity index (χ0v) is 13.8. The van der Waals surface area contributed by atoms with Gasteiger partial charge in [0.15, 0.2) is 12.4 Å². The van der Waals surface area contributed by atoms with Gasteiger partial charge in [0.2, 0.25) is 5.56 Å². The molecule has 136 valence electrons. The van der Waals surface area contributed by atoms with Gasteiger partial charge in [0.25, 0.3) is 11.8 Å². The van der Waals surface area contributed by atoms with Crippen LogP contribution in [0.2, 0.25) is 0 Å². The van der Waals surface area contributed by atoms with Crippen molar-refractivity contribution in [1.29, 1.82) is 0 Å². The monoisotopic (exact) mass is 359 g/mol. The maximum absolute atomic E-state index is 12.2. The van der Waals surface area contributed by atoms with Crippen LogP contribution >= 0.6 is 0 Å². The van der Waals surface area contributed by atoms with Gasteiger partial charge in [-0.1, -0.05) is 0 Å². The minimum absolute atomic E-state index is 0.159. The maximum Gasteiger partial charge on any atom is 0.340 e. The van der Waals surface area contributed by atoms with E-state index in [9.17, 15) is 19.2 Å². The van der Waals surface area contributed by atoms with Crippen LogP contribution in [0.25, 0.3) is 0 Å². The summed E-state index contributed by atoms with van der Waals surface area (Å²) < 4.78 is 10.1. The smallest absolute Gasteiger partial charge is 0.340 e. The quantitative estimate of drug-likeness (QED) is 0.775. The van der Waals surface area contributed by atoms with Crippen LogP contribution in [0.15, 0.2) is 45.9 Å². The molecule has 3 rings (SSSR count). The van der Waals surface area contributed by atoms with Crippen LogP contribution in [-0.2, 0) is 9.53 Å². The largest absolute Gasteiger partial charge is 0.459 e. The van der Waals surface area contributed by atoms with Gasteiger partial charge in [-0.15, -0.1) is 0 Å². The number of pyridine rings is 1. The summed E-state index contributed by atoms with van der Waals surface area (Å²) in [6.45, 7) is 1.05. The van der Waals surface area contributed by atoms with Gasteiger partial charge in [-0.2, -0.15) is 0 Å². The van der Waals surface area contributed by atoms with Gasteiger partial charge >= 0.3 is 5.97 Å². The minimum Gasteiger partial charge on any atom is -0.459 e. The normalized spacial score (nSPS) is 14.2. The molecule has 0 saturated carbocycles. The molecule has 0 unspecified atom stereocenters. The predicted molar refractivity (Wildman–Crippen MR) is 88.5 cm³/mol. The number of carbonyl (C=O) groups is 3. The summed E-state index contributed by atoms with van der Waals surface area (Å²) in [6.07, 6.45) is 2.66. The highest BCUT2D eigenvalue weighted by Crippen LogP contribution is 2.10. The predicted octanol–water partition coefficient (Wildman–Crippen LogP) is 0.109. The topological polar surface area (TPSA) is 113 Å². The van der Waals surface area contributed by atoms with Crippen LogP contribution in [0.1, 0.15) is 20.9 Å². The molecular weight excluding hydrogens is 342 g/mol. The van der Waals surface area contributed by atoms with Gasteiger partial charge < -0.3 is 23.9 Å². The lowest BCUT2D eigenvalue weighted by Gasteiger charge is -2.34. The van der Waals surface area contributed by atoms with E-state index >= 15 is 0 Å². The van der Waals surface area contributed by atoms with Crippen molar-refractivity contribution in [2.45, 2.75) is 0 Å². The summed E-state index contributed by atoms with van der Waals surface area (Å²) in [5.74, 6) is -0.986. The van der Waals surface area contributed by atoms with Crippen molar-refractivity contribution in [3.8, 4) is 0 Å². The Kier molecular flexibility index (Phi) is 5.16. The van der Waals surface area contributed by atoms with E-state index in [4.69, 9.17) is 9.15 Å². The summed E-state index contributed by atoms with van der Waals surface area (Å²) in [6, 6.07) is 5.76. The molecule has 0 bridgehead atoms. The Balaban J connectivity index is 1.46. The maximum atomic E-state index is 12.2. The zero-order chi connectivity index (χ0) is 18.5. The van der Waals surface area contributed by atoms with Crippen LogP contribution in [0.5, 0.6) is 0 Å². The molecule has 0 aliphatic carbocycles. The molecule has 2 aromatic rings. The number of carbonyl (C=O) groups excluding carboxylic acids is 3. The zero-order valence-electron chi connectivity index (χ0n) is 13.8. The molecule has 0 radical (unpaired) electrons. The number of ether oxygens (including phenoxy) is 1. The molecule has 1 N–H and O–H groups in total. The van der Waals surface area contributed by atoms with E-state index in [1.54, 1.807) is 17.0 Å². The summed E-state index contributed by atoms with van der Waals surface area (Å²) in [5, 5.41) is 0. The van der Waals surface area contributed by atoms with E-state index in [0.29, 0.717) is 26.2 Å². The Labute approximate surface area is 148 Å². The van der Waals surface area contributed by atoms with E-state index < -0.39 is 12.6 Å². The third kappa shape index (κ3) is 4.00. The van der Waals surface area contributed by atoms with Gasteiger partial charge in [-0.05, 0) is 18.2 Å². The standard InChI is InChI=1S/C17H17N3O6/c21-14-4-3-12(10-18-14)17(24)26-11-15(22)19-5-7-20(8-6-19)16(23)13-2-1-9-25-13/h1-4,9-10H,5-8,11H2,(H,18,21). The number of amides is 2. The second-order valence-corrected chi connectivity index (χ2v) is 5.67. The van der Waals surface area contributed by atoms with Crippen molar-refractivity contribution < 1.29 is 23.5 Å². The van der Waals surface area contributed by atoms with Crippen LogP contribution in [-0.4, -0.2) is 65.4 Å². The molecule has 1 aliphatic heterocycles. The highest BCUT2D eigenvalue weighted by molar-refractivity contribution is 5.92. The number of hydrogen-bond acceptors (Lipinski definition) is 6. The van der Waals surface area contributed by atoms with E-state index in [1.807, 2.05) is 0 Å². The minimum atomic E-state index is -0.693. The number of aromatic nitrogens is 1. The molecule has 0 aromatic carbocycles. The van der Waals surface area contributed by atoms with Crippen molar-refractivity contribution in [2.24, 2.45) is 0 Å². The van der Waals surface area contributed by atoms with Crippen molar-refractivity contribution in [3.63, 3.8) is 0 Å². The molecule has 2 aromatic heterocycles. The van der Waals surface area contributed by atoms with Crippen LogP contribution in [0.3, 0.4) is 0 Å². The number of H-pyrrole nitrogens is 1. The Morgan fingerprint density at radius 1 is 1.08 bits per heavy atom. The molecule has 9 heteroatoms. The lowest BCUT2D eigenvalue weighted by Crippen LogP contribution is -2.51. The summed E-state index contributed by atoms with van der Waals surface area (Å²) >= 11 is 0. The number of esters is 1. The van der Waals surface area contributed by atoms with E-state index in [2.05, 4.69) is 4.98 Å². The van der Waals surface area contributed by atoms with E-state index in [1.165, 1.54) is 29.5 Å². The first-order valence-electron chi connectivity index (χ1n) is 8.01. The Bertz CT molecular complexity index is 829. The fourth-order valence-corrected chi connectivity index (χ4v) is 2.55. The van der Waals surface area contributed by atoms with Crippen molar-refractivity contribution in [2.75, 3.05) is 32.8 Å². The molecule has 9 nitrogen and oxygen atoms in total. The third-order valence-electron chi connectivity index (χ3n) is 4.00. The van der Waals surface area contributed by atoms with Gasteiger partial charge in [-0.25, -0.2) is 4.79 Å². The van der Waals surface area contributed by atoms with Gasteiger partial charge in [0.1, 0.15) is 0 Å². The van der Waals surface area contributed by atoms with Crippen molar-refractivity contribution in [1.82, 2.24) is 14.8 Å². The summed E-state index contributed by atoms with van der Waals surface area (Å²) in [5.41, 5.74) is -0.175. The van der Waals surface area contributed by atoms with Gasteiger partial charge in [0.05, 0.1) is 11.8 Å². The van der Waals surface area contributed by atoms with E-state index in [-0.39, 0.29) is 28.7 Å². The molecule has 1 fully saturated rings. The van der Waals surface area contributed by atoms with Crippen LogP contribution in [0.4, 0.5) is 0 Å². The first-order valence-corrected chi connectivity index (χ1v) is 8.01. The van der Waals surface area contributed by atoms with Crippen LogP contribution in [0, 0.1) is 0 Å².